The van der Waals surface area contributed by atoms with Gasteiger partial charge in [-0.2, -0.15) is 0 Å². The first-order chi connectivity index (χ1) is 21.6. The van der Waals surface area contributed by atoms with Gasteiger partial charge in [0.1, 0.15) is 18.2 Å². The molecule has 1 spiro atoms. The Labute approximate surface area is 267 Å². The van der Waals surface area contributed by atoms with Crippen molar-refractivity contribution in [3.8, 4) is 0 Å². The van der Waals surface area contributed by atoms with Crippen molar-refractivity contribution < 1.29 is 23.9 Å². The topological polar surface area (TPSA) is 84.9 Å². The normalized spacial score (nSPS) is 17.8. The standard InChI is InChI=1S/C38H46N2O5/c1-37(2,3)45-36(43)39-33(20-12-17-28-13-6-4-7-14-28)35(42)40-23-21-38(22-24-40)26-30(31-18-10-11-19-32(31)38)25-34(41)44-27-29-15-8-5-9-16-29/h4-11,13-16,18-19,30,33H,12,17,20-27H2,1-3H3,(H,39,43)/t30?,33-/m1/s1. The summed E-state index contributed by atoms with van der Waals surface area (Å²) in [5.74, 6) is -0.155. The van der Waals surface area contributed by atoms with Crippen LogP contribution in [0.3, 0.4) is 0 Å². The molecule has 3 aromatic carbocycles. The summed E-state index contributed by atoms with van der Waals surface area (Å²) in [7, 11) is 0. The van der Waals surface area contributed by atoms with E-state index in [0.717, 1.165) is 37.7 Å². The summed E-state index contributed by atoms with van der Waals surface area (Å²) in [6, 6.07) is 27.7. The molecule has 45 heavy (non-hydrogen) atoms. The largest absolute Gasteiger partial charge is 0.461 e. The predicted molar refractivity (Wildman–Crippen MR) is 175 cm³/mol. The van der Waals surface area contributed by atoms with Gasteiger partial charge in [0, 0.05) is 13.1 Å². The Morgan fingerprint density at radius 2 is 1.51 bits per heavy atom. The highest BCUT2D eigenvalue weighted by molar-refractivity contribution is 5.86. The number of hydrogen-bond donors (Lipinski definition) is 1. The number of hydrogen-bond acceptors (Lipinski definition) is 5. The second-order valence-corrected chi connectivity index (χ2v) is 13.5. The molecule has 7 nitrogen and oxygen atoms in total. The number of amides is 2. The molecule has 1 aliphatic heterocycles. The van der Waals surface area contributed by atoms with Crippen LogP contribution in [0.15, 0.2) is 84.9 Å². The highest BCUT2D eigenvalue weighted by atomic mass is 16.6. The zero-order valence-corrected chi connectivity index (χ0v) is 26.8. The van der Waals surface area contributed by atoms with Gasteiger partial charge >= 0.3 is 12.1 Å². The summed E-state index contributed by atoms with van der Waals surface area (Å²) < 4.78 is 11.2. The third kappa shape index (κ3) is 8.53. The highest BCUT2D eigenvalue weighted by Crippen LogP contribution is 2.52. The molecule has 1 fully saturated rings. The van der Waals surface area contributed by atoms with Gasteiger partial charge in [-0.1, -0.05) is 84.9 Å². The molecule has 0 aromatic heterocycles. The lowest BCUT2D eigenvalue weighted by Gasteiger charge is -2.41. The molecule has 3 aromatic rings. The van der Waals surface area contributed by atoms with Crippen molar-refractivity contribution in [2.75, 3.05) is 13.1 Å². The van der Waals surface area contributed by atoms with E-state index in [9.17, 15) is 14.4 Å². The van der Waals surface area contributed by atoms with Gasteiger partial charge in [0.2, 0.25) is 5.91 Å². The fraction of sp³-hybridized carbons (Fsp3) is 0.447. The minimum absolute atomic E-state index is 0.0592. The van der Waals surface area contributed by atoms with Gasteiger partial charge < -0.3 is 19.7 Å². The van der Waals surface area contributed by atoms with E-state index in [1.807, 2.05) is 80.3 Å². The van der Waals surface area contributed by atoms with Crippen LogP contribution in [-0.2, 0) is 37.5 Å². The van der Waals surface area contributed by atoms with Crippen molar-refractivity contribution in [3.05, 3.63) is 107 Å². The number of aryl methyl sites for hydroxylation is 1. The Kier molecular flexibility index (Phi) is 10.3. The SMILES string of the molecule is CC(C)(C)OC(=O)N[C@H](CCCc1ccccc1)C(=O)N1CCC2(CC1)CC(CC(=O)OCc1ccccc1)c1ccccc12. The van der Waals surface area contributed by atoms with E-state index in [4.69, 9.17) is 9.47 Å². The average molecular weight is 611 g/mol. The molecule has 1 N–H and O–H groups in total. The van der Waals surface area contributed by atoms with E-state index in [-0.39, 0.29) is 29.8 Å². The molecule has 2 atom stereocenters. The number of rotatable bonds is 10. The van der Waals surface area contributed by atoms with Crippen LogP contribution >= 0.6 is 0 Å². The second-order valence-electron chi connectivity index (χ2n) is 13.5. The summed E-state index contributed by atoms with van der Waals surface area (Å²) in [5, 5.41) is 2.88. The molecular weight excluding hydrogens is 564 g/mol. The van der Waals surface area contributed by atoms with Gasteiger partial charge in [0.05, 0.1) is 6.42 Å². The smallest absolute Gasteiger partial charge is 0.408 e. The summed E-state index contributed by atoms with van der Waals surface area (Å²) in [6.07, 6.45) is 4.40. The number of fused-ring (bicyclic) bond motifs is 2. The van der Waals surface area contributed by atoms with Crippen molar-refractivity contribution in [1.29, 1.82) is 0 Å². The molecule has 5 rings (SSSR count). The third-order valence-corrected chi connectivity index (χ3v) is 9.09. The fourth-order valence-corrected chi connectivity index (χ4v) is 6.92. The Bertz CT molecular complexity index is 1440. The molecule has 7 heteroatoms. The van der Waals surface area contributed by atoms with E-state index in [2.05, 4.69) is 35.6 Å². The summed E-state index contributed by atoms with van der Waals surface area (Å²) in [4.78, 5) is 41.4. The number of nitrogens with one attached hydrogen (secondary N) is 1. The quantitative estimate of drug-likeness (QED) is 0.248. The number of carbonyl (C=O) groups excluding carboxylic acids is 3. The minimum Gasteiger partial charge on any atom is -0.461 e. The molecule has 0 saturated carbocycles. The lowest BCUT2D eigenvalue weighted by atomic mass is 9.73. The van der Waals surface area contributed by atoms with Gasteiger partial charge in [0.15, 0.2) is 0 Å². The van der Waals surface area contributed by atoms with Gasteiger partial charge in [-0.15, -0.1) is 0 Å². The van der Waals surface area contributed by atoms with Crippen LogP contribution in [0.5, 0.6) is 0 Å². The van der Waals surface area contributed by atoms with Crippen LogP contribution in [0.2, 0.25) is 0 Å². The molecule has 1 unspecified atom stereocenters. The minimum atomic E-state index is -0.653. The van der Waals surface area contributed by atoms with Crippen molar-refractivity contribution in [3.63, 3.8) is 0 Å². The van der Waals surface area contributed by atoms with E-state index in [0.29, 0.717) is 25.9 Å². The number of alkyl carbamates (subject to hydrolysis) is 1. The first kappa shape index (κ1) is 32.3. The van der Waals surface area contributed by atoms with Crippen molar-refractivity contribution >= 4 is 18.0 Å². The number of piperidine rings is 1. The van der Waals surface area contributed by atoms with Crippen molar-refractivity contribution in [2.24, 2.45) is 0 Å². The molecule has 1 saturated heterocycles. The number of esters is 1. The Balaban J connectivity index is 1.21. The number of benzene rings is 3. The van der Waals surface area contributed by atoms with Crippen molar-refractivity contribution in [2.45, 2.75) is 95.3 Å². The molecular formula is C38H46N2O5. The molecule has 0 radical (unpaired) electrons. The Morgan fingerprint density at radius 3 is 2.18 bits per heavy atom. The monoisotopic (exact) mass is 610 g/mol. The van der Waals surface area contributed by atoms with Crippen LogP contribution < -0.4 is 5.32 Å². The summed E-state index contributed by atoms with van der Waals surface area (Å²) >= 11 is 0. The van der Waals surface area contributed by atoms with Crippen LogP contribution in [0, 0.1) is 0 Å². The van der Waals surface area contributed by atoms with Gasteiger partial charge in [-0.3, -0.25) is 9.59 Å². The Morgan fingerprint density at radius 1 is 0.889 bits per heavy atom. The van der Waals surface area contributed by atoms with E-state index >= 15 is 0 Å². The molecule has 238 valence electrons. The maximum atomic E-state index is 13.9. The number of likely N-dealkylation sites (tertiary alicyclic amines) is 1. The van der Waals surface area contributed by atoms with Crippen LogP contribution in [0.25, 0.3) is 0 Å². The van der Waals surface area contributed by atoms with Crippen LogP contribution in [-0.4, -0.2) is 47.6 Å². The third-order valence-electron chi connectivity index (χ3n) is 9.09. The lowest BCUT2D eigenvalue weighted by molar-refractivity contribution is -0.145. The van der Waals surface area contributed by atoms with Crippen LogP contribution in [0.4, 0.5) is 4.79 Å². The predicted octanol–water partition coefficient (Wildman–Crippen LogP) is 7.08. The van der Waals surface area contributed by atoms with Gasteiger partial charge in [0.25, 0.3) is 0 Å². The van der Waals surface area contributed by atoms with Gasteiger partial charge in [-0.25, -0.2) is 4.79 Å². The first-order valence-corrected chi connectivity index (χ1v) is 16.2. The highest BCUT2D eigenvalue weighted by Gasteiger charge is 2.46. The van der Waals surface area contributed by atoms with E-state index < -0.39 is 17.7 Å². The molecule has 0 bridgehead atoms. The molecule has 1 aliphatic carbocycles. The van der Waals surface area contributed by atoms with Crippen LogP contribution in [0.1, 0.15) is 87.5 Å². The lowest BCUT2D eigenvalue weighted by Crippen LogP contribution is -2.53. The van der Waals surface area contributed by atoms with Gasteiger partial charge in [-0.05, 0) is 92.9 Å². The van der Waals surface area contributed by atoms with E-state index in [1.54, 1.807) is 0 Å². The number of nitrogens with zero attached hydrogens (tertiary/aromatic N) is 1. The zero-order chi connectivity index (χ0) is 31.9. The molecule has 1 heterocycles. The van der Waals surface area contributed by atoms with Crippen molar-refractivity contribution in [1.82, 2.24) is 10.2 Å². The summed E-state index contributed by atoms with van der Waals surface area (Å²) in [6.45, 7) is 6.93. The second kappa shape index (κ2) is 14.3. The Hall–Kier alpha value is -4.13. The maximum Gasteiger partial charge on any atom is 0.408 e. The fourth-order valence-electron chi connectivity index (χ4n) is 6.92. The van der Waals surface area contributed by atoms with E-state index in [1.165, 1.54) is 16.7 Å². The number of ether oxygens (including phenoxy) is 2. The zero-order valence-electron chi connectivity index (χ0n) is 26.8. The maximum absolute atomic E-state index is 13.9. The average Bonchev–Trinajstić information content (AvgIpc) is 3.32. The molecule has 2 amide bonds. The molecule has 2 aliphatic rings. The first-order valence-electron chi connectivity index (χ1n) is 16.2. The number of carbonyl (C=O) groups is 3. The summed E-state index contributed by atoms with van der Waals surface area (Å²) in [5.41, 5.74) is 3.97.